The van der Waals surface area contributed by atoms with Gasteiger partial charge in [0, 0.05) is 5.56 Å². The molecule has 0 radical (unpaired) electrons. The summed E-state index contributed by atoms with van der Waals surface area (Å²) in [5.74, 6) is -3.66. The highest BCUT2D eigenvalue weighted by atomic mass is 32.2. The quantitative estimate of drug-likeness (QED) is 0.760. The number of benzene rings is 1. The Labute approximate surface area is 157 Å². The number of aromatic nitrogens is 2. The van der Waals surface area contributed by atoms with Gasteiger partial charge in [-0.15, -0.1) is 0 Å². The highest BCUT2D eigenvalue weighted by Crippen LogP contribution is 2.55. The van der Waals surface area contributed by atoms with Gasteiger partial charge in [0.1, 0.15) is 5.69 Å². The van der Waals surface area contributed by atoms with Gasteiger partial charge in [0.25, 0.3) is 0 Å². The first-order valence-corrected chi connectivity index (χ1v) is 10.0. The van der Waals surface area contributed by atoms with Crippen LogP contribution in [0.15, 0.2) is 35.4 Å². The third kappa shape index (κ3) is 2.83. The highest BCUT2D eigenvalue weighted by Gasteiger charge is 2.59. The second kappa shape index (κ2) is 5.99. The standard InChI is InChI=1S/C17H16F5N3O2S/c1-9-16(18,19)15-13(8-23-24-15)14(10-2-3-10)25(9)28(26,27)12-6-4-11(5-7-12)17(20,21)22/h4-10,14H,2-3H2,1H3,(H,23,24)/t9-,14+/m0/s1. The summed E-state index contributed by atoms with van der Waals surface area (Å²) in [5, 5.41) is 5.95. The Kier molecular flexibility index (Phi) is 4.13. The van der Waals surface area contributed by atoms with Crippen molar-refractivity contribution in [1.82, 2.24) is 14.5 Å². The van der Waals surface area contributed by atoms with E-state index in [1.165, 1.54) is 6.20 Å². The molecule has 2 atom stereocenters. The average molecular weight is 421 g/mol. The van der Waals surface area contributed by atoms with Gasteiger partial charge in [0.2, 0.25) is 10.0 Å². The van der Waals surface area contributed by atoms with Gasteiger partial charge in [-0.1, -0.05) is 0 Å². The van der Waals surface area contributed by atoms with Crippen LogP contribution < -0.4 is 0 Å². The van der Waals surface area contributed by atoms with Crippen molar-refractivity contribution in [2.45, 2.75) is 48.8 Å². The Morgan fingerprint density at radius 3 is 2.32 bits per heavy atom. The summed E-state index contributed by atoms with van der Waals surface area (Å²) in [6, 6.07) is 0.314. The molecule has 2 heterocycles. The third-order valence-electron chi connectivity index (χ3n) is 5.33. The van der Waals surface area contributed by atoms with Crippen molar-refractivity contribution in [2.75, 3.05) is 0 Å². The van der Waals surface area contributed by atoms with Crippen LogP contribution in [0.3, 0.4) is 0 Å². The minimum absolute atomic E-state index is 0.112. The maximum atomic E-state index is 14.9. The summed E-state index contributed by atoms with van der Waals surface area (Å²) in [4.78, 5) is -0.458. The predicted molar refractivity (Wildman–Crippen MR) is 87.9 cm³/mol. The van der Waals surface area contributed by atoms with Gasteiger partial charge in [0.05, 0.1) is 28.7 Å². The number of rotatable bonds is 3. The van der Waals surface area contributed by atoms with Gasteiger partial charge in [-0.3, -0.25) is 5.10 Å². The van der Waals surface area contributed by atoms with Crippen molar-refractivity contribution in [3.8, 4) is 0 Å². The fourth-order valence-corrected chi connectivity index (χ4v) is 5.56. The van der Waals surface area contributed by atoms with Crippen LogP contribution in [0.4, 0.5) is 22.0 Å². The van der Waals surface area contributed by atoms with Crippen LogP contribution in [-0.4, -0.2) is 29.0 Å². The molecular weight excluding hydrogens is 405 g/mol. The molecule has 5 nitrogen and oxygen atoms in total. The van der Waals surface area contributed by atoms with E-state index in [-0.39, 0.29) is 11.5 Å². The van der Waals surface area contributed by atoms with Crippen molar-refractivity contribution in [2.24, 2.45) is 5.92 Å². The molecule has 1 fully saturated rings. The molecule has 28 heavy (non-hydrogen) atoms. The molecule has 1 aliphatic carbocycles. The lowest BCUT2D eigenvalue weighted by molar-refractivity contribution is -0.137. The van der Waals surface area contributed by atoms with Crippen LogP contribution in [0.2, 0.25) is 0 Å². The fraction of sp³-hybridized carbons (Fsp3) is 0.471. The Morgan fingerprint density at radius 1 is 1.18 bits per heavy atom. The lowest BCUT2D eigenvalue weighted by Gasteiger charge is -2.43. The zero-order chi connectivity index (χ0) is 20.5. The van der Waals surface area contributed by atoms with Gasteiger partial charge < -0.3 is 0 Å². The summed E-state index contributed by atoms with van der Waals surface area (Å²) in [5.41, 5.74) is -1.31. The highest BCUT2D eigenvalue weighted by molar-refractivity contribution is 7.89. The molecule has 1 aromatic heterocycles. The Hall–Kier alpha value is -2.01. The summed E-state index contributed by atoms with van der Waals surface area (Å²) in [6.45, 7) is 1.10. The largest absolute Gasteiger partial charge is 0.416 e. The number of hydrogen-bond acceptors (Lipinski definition) is 3. The second-order valence-corrected chi connectivity index (χ2v) is 8.98. The molecule has 0 bridgehead atoms. The molecule has 1 aliphatic heterocycles. The number of alkyl halides is 5. The lowest BCUT2D eigenvalue weighted by atomic mass is 9.91. The van der Waals surface area contributed by atoms with Crippen LogP contribution >= 0.6 is 0 Å². The van der Waals surface area contributed by atoms with Crippen LogP contribution in [0.25, 0.3) is 0 Å². The van der Waals surface area contributed by atoms with Gasteiger partial charge in [0.15, 0.2) is 0 Å². The van der Waals surface area contributed by atoms with Crippen molar-refractivity contribution in [3.63, 3.8) is 0 Å². The van der Waals surface area contributed by atoms with Crippen LogP contribution in [-0.2, 0) is 22.1 Å². The number of nitrogens with zero attached hydrogens (tertiary/aromatic N) is 2. The number of H-pyrrole nitrogens is 1. The number of aromatic amines is 1. The normalized spacial score (nSPS) is 25.5. The number of halogens is 5. The van der Waals surface area contributed by atoms with Gasteiger partial charge in [-0.2, -0.15) is 31.4 Å². The number of hydrogen-bond donors (Lipinski definition) is 1. The molecule has 0 unspecified atom stereocenters. The molecule has 0 saturated heterocycles. The molecule has 152 valence electrons. The first-order valence-electron chi connectivity index (χ1n) is 8.58. The van der Waals surface area contributed by atoms with Crippen molar-refractivity contribution >= 4 is 10.0 Å². The van der Waals surface area contributed by atoms with E-state index in [9.17, 15) is 30.4 Å². The lowest BCUT2D eigenvalue weighted by Crippen LogP contribution is -2.53. The summed E-state index contributed by atoms with van der Waals surface area (Å²) in [7, 11) is -4.47. The van der Waals surface area contributed by atoms with Crippen LogP contribution in [0, 0.1) is 5.92 Å². The Bertz CT molecular complexity index is 997. The average Bonchev–Trinajstić information content (AvgIpc) is 3.32. The summed E-state index contributed by atoms with van der Waals surface area (Å²) in [6.07, 6.45) is -2.08. The molecule has 11 heteroatoms. The molecule has 1 N–H and O–H groups in total. The van der Waals surface area contributed by atoms with E-state index in [0.29, 0.717) is 25.0 Å². The fourth-order valence-electron chi connectivity index (χ4n) is 3.70. The number of sulfonamides is 1. The minimum atomic E-state index is -4.63. The smallest absolute Gasteiger partial charge is 0.276 e. The zero-order valence-electron chi connectivity index (χ0n) is 14.5. The summed E-state index contributed by atoms with van der Waals surface area (Å²) < 4.78 is 95.2. The molecule has 0 amide bonds. The Morgan fingerprint density at radius 2 is 1.79 bits per heavy atom. The maximum absolute atomic E-state index is 14.9. The SMILES string of the molecule is C[C@@H]1N(S(=O)(=O)c2ccc(C(F)(F)F)cc2)[C@H](C2CC2)c2cn[nH]c2C1(F)F. The zero-order valence-corrected chi connectivity index (χ0v) is 15.4. The minimum Gasteiger partial charge on any atom is -0.276 e. The predicted octanol–water partition coefficient (Wildman–Crippen LogP) is 4.06. The molecule has 1 aromatic carbocycles. The molecule has 1 saturated carbocycles. The summed E-state index contributed by atoms with van der Waals surface area (Å²) >= 11 is 0. The van der Waals surface area contributed by atoms with Crippen molar-refractivity contribution in [1.29, 1.82) is 0 Å². The first-order chi connectivity index (χ1) is 13.0. The van der Waals surface area contributed by atoms with E-state index >= 15 is 0 Å². The van der Waals surface area contributed by atoms with E-state index in [1.54, 1.807) is 0 Å². The Balaban J connectivity index is 1.82. The van der Waals surface area contributed by atoms with Gasteiger partial charge in [-0.05, 0) is 49.9 Å². The number of fused-ring (bicyclic) bond motifs is 1. The maximum Gasteiger partial charge on any atom is 0.416 e. The van der Waals surface area contributed by atoms with E-state index in [0.717, 1.165) is 23.4 Å². The van der Waals surface area contributed by atoms with E-state index < -0.39 is 50.4 Å². The molecule has 0 spiro atoms. The monoisotopic (exact) mass is 421 g/mol. The van der Waals surface area contributed by atoms with Crippen molar-refractivity contribution < 1.29 is 30.4 Å². The van der Waals surface area contributed by atoms with Crippen LogP contribution in [0.1, 0.15) is 42.6 Å². The van der Waals surface area contributed by atoms with E-state index in [2.05, 4.69) is 10.2 Å². The topological polar surface area (TPSA) is 66.1 Å². The second-order valence-electron chi connectivity index (χ2n) is 7.14. The van der Waals surface area contributed by atoms with Gasteiger partial charge >= 0.3 is 12.1 Å². The van der Waals surface area contributed by atoms with E-state index in [4.69, 9.17) is 0 Å². The first kappa shape index (κ1) is 19.3. The molecule has 2 aliphatic rings. The molecular formula is C17H16F5N3O2S. The molecule has 4 rings (SSSR count). The van der Waals surface area contributed by atoms with E-state index in [1.807, 2.05) is 0 Å². The van der Waals surface area contributed by atoms with Gasteiger partial charge in [-0.25, -0.2) is 8.42 Å². The van der Waals surface area contributed by atoms with Crippen LogP contribution in [0.5, 0.6) is 0 Å². The number of nitrogens with one attached hydrogen (secondary N) is 1. The van der Waals surface area contributed by atoms with Crippen molar-refractivity contribution in [3.05, 3.63) is 47.3 Å². The molecule has 2 aromatic rings. The third-order valence-corrected chi connectivity index (χ3v) is 7.29.